The Morgan fingerprint density at radius 1 is 1.30 bits per heavy atom. The topological polar surface area (TPSA) is 62.3 Å². The van der Waals surface area contributed by atoms with E-state index in [0.717, 1.165) is 17.3 Å². The highest BCUT2D eigenvalue weighted by Crippen LogP contribution is 2.30. The van der Waals surface area contributed by atoms with E-state index >= 15 is 0 Å². The van der Waals surface area contributed by atoms with E-state index in [-0.39, 0.29) is 18.4 Å². The van der Waals surface area contributed by atoms with Gasteiger partial charge < -0.3 is 10.2 Å². The van der Waals surface area contributed by atoms with Gasteiger partial charge in [0.2, 0.25) is 5.91 Å². The van der Waals surface area contributed by atoms with Crippen molar-refractivity contribution in [2.75, 3.05) is 18.4 Å². The molecule has 0 spiro atoms. The molecule has 1 N–H and O–H groups in total. The summed E-state index contributed by atoms with van der Waals surface area (Å²) >= 11 is 4.72. The molecule has 0 radical (unpaired) electrons. The lowest BCUT2D eigenvalue weighted by molar-refractivity contribution is -0.116. The van der Waals surface area contributed by atoms with Crippen LogP contribution in [0.3, 0.4) is 0 Å². The van der Waals surface area contributed by atoms with Gasteiger partial charge in [-0.1, -0.05) is 15.9 Å². The molecule has 0 saturated heterocycles. The number of benzene rings is 1. The van der Waals surface area contributed by atoms with Crippen LogP contribution in [0.25, 0.3) is 0 Å². The zero-order valence-corrected chi connectivity index (χ0v) is 14.8. The minimum Gasteiger partial charge on any atom is -0.329 e. The third-order valence-corrected chi connectivity index (χ3v) is 4.78. The summed E-state index contributed by atoms with van der Waals surface area (Å²) in [5, 5.41) is 5.08. The second kappa shape index (κ2) is 7.23. The van der Waals surface area contributed by atoms with Crippen LogP contribution in [0, 0.1) is 5.92 Å². The highest BCUT2D eigenvalue weighted by molar-refractivity contribution is 9.10. The van der Waals surface area contributed by atoms with E-state index in [1.807, 2.05) is 12.1 Å². The zero-order valence-electron chi connectivity index (χ0n) is 12.4. The van der Waals surface area contributed by atoms with Gasteiger partial charge in [-0.15, -0.1) is 11.3 Å². The molecule has 1 aromatic heterocycles. The molecule has 1 aliphatic carbocycles. The summed E-state index contributed by atoms with van der Waals surface area (Å²) in [7, 11) is 0. The molecule has 1 aliphatic rings. The van der Waals surface area contributed by atoms with E-state index in [4.69, 9.17) is 0 Å². The Balaban J connectivity index is 1.67. The van der Waals surface area contributed by atoms with Crippen LogP contribution >= 0.6 is 27.3 Å². The van der Waals surface area contributed by atoms with Gasteiger partial charge in [-0.05, 0) is 43.0 Å². The number of nitrogens with one attached hydrogen (secondary N) is 1. The number of anilines is 1. The molecular weight excluding hydrogens is 378 g/mol. The number of carbonyl (C=O) groups is 2. The first-order chi connectivity index (χ1) is 11.1. The number of hydrogen-bond acceptors (Lipinski definition) is 4. The number of thiazole rings is 1. The summed E-state index contributed by atoms with van der Waals surface area (Å²) in [5.41, 5.74) is 0.593. The van der Waals surface area contributed by atoms with Crippen molar-refractivity contribution in [2.24, 2.45) is 5.92 Å². The Labute approximate surface area is 146 Å². The van der Waals surface area contributed by atoms with E-state index in [9.17, 15) is 9.59 Å². The molecule has 120 valence electrons. The lowest BCUT2D eigenvalue weighted by atomic mass is 10.2. The second-order valence-corrected chi connectivity index (χ2v) is 7.33. The highest BCUT2D eigenvalue weighted by atomic mass is 79.9. The quantitative estimate of drug-likeness (QED) is 0.817. The predicted octanol–water partition coefficient (Wildman–Crippen LogP) is 3.40. The van der Waals surface area contributed by atoms with Crippen molar-refractivity contribution in [2.45, 2.75) is 12.8 Å². The first kappa shape index (κ1) is 16.1. The van der Waals surface area contributed by atoms with Gasteiger partial charge in [0.05, 0.1) is 0 Å². The smallest absolute Gasteiger partial charge is 0.254 e. The van der Waals surface area contributed by atoms with Gasteiger partial charge in [0.25, 0.3) is 5.91 Å². The van der Waals surface area contributed by atoms with Crippen molar-refractivity contribution >= 4 is 44.2 Å². The fourth-order valence-corrected chi connectivity index (χ4v) is 3.03. The van der Waals surface area contributed by atoms with Crippen LogP contribution in [0.15, 0.2) is 40.3 Å². The van der Waals surface area contributed by atoms with Crippen LogP contribution in [-0.2, 0) is 4.79 Å². The number of carbonyl (C=O) groups excluding carboxylic acids is 2. The standard InChI is InChI=1S/C16H16BrN3O2S/c17-13-5-3-12(4-6-13)15(22)20(9-11-1-2-11)10-14(21)19-16-18-7-8-23-16/h3-8,11H,1-2,9-10H2,(H,18,19,21). The number of amides is 2. The Morgan fingerprint density at radius 3 is 2.65 bits per heavy atom. The minimum atomic E-state index is -0.217. The Morgan fingerprint density at radius 2 is 2.04 bits per heavy atom. The first-order valence-corrected chi connectivity index (χ1v) is 9.03. The normalized spacial score (nSPS) is 13.6. The number of aromatic nitrogens is 1. The molecule has 0 atom stereocenters. The third-order valence-electron chi connectivity index (χ3n) is 3.57. The minimum absolute atomic E-state index is 0.0466. The summed E-state index contributed by atoms with van der Waals surface area (Å²) in [6, 6.07) is 7.20. The monoisotopic (exact) mass is 393 g/mol. The van der Waals surface area contributed by atoms with Gasteiger partial charge in [-0.25, -0.2) is 4.98 Å². The fourth-order valence-electron chi connectivity index (χ4n) is 2.22. The summed E-state index contributed by atoms with van der Waals surface area (Å²) in [5.74, 6) is 0.187. The molecule has 2 aromatic rings. The largest absolute Gasteiger partial charge is 0.329 e. The molecule has 1 heterocycles. The molecule has 0 unspecified atom stereocenters. The van der Waals surface area contributed by atoms with Gasteiger partial charge in [-0.3, -0.25) is 9.59 Å². The Hall–Kier alpha value is -1.73. The van der Waals surface area contributed by atoms with Crippen molar-refractivity contribution < 1.29 is 9.59 Å². The van der Waals surface area contributed by atoms with E-state index in [1.165, 1.54) is 11.3 Å². The van der Waals surface area contributed by atoms with Crippen LogP contribution in [0.2, 0.25) is 0 Å². The lowest BCUT2D eigenvalue weighted by Crippen LogP contribution is -2.39. The number of rotatable bonds is 6. The first-order valence-electron chi connectivity index (χ1n) is 7.36. The molecular formula is C16H16BrN3O2S. The van der Waals surface area contributed by atoms with Crippen LogP contribution in [0.1, 0.15) is 23.2 Å². The fraction of sp³-hybridized carbons (Fsp3) is 0.312. The Bertz CT molecular complexity index is 684. The van der Waals surface area contributed by atoms with Gasteiger partial charge in [-0.2, -0.15) is 0 Å². The van der Waals surface area contributed by atoms with E-state index in [2.05, 4.69) is 26.2 Å². The third kappa shape index (κ3) is 4.62. The van der Waals surface area contributed by atoms with Gasteiger partial charge >= 0.3 is 0 Å². The van der Waals surface area contributed by atoms with Crippen LogP contribution in [-0.4, -0.2) is 34.8 Å². The number of hydrogen-bond donors (Lipinski definition) is 1. The van der Waals surface area contributed by atoms with Gasteiger partial charge in [0.1, 0.15) is 6.54 Å². The predicted molar refractivity (Wildman–Crippen MR) is 93.5 cm³/mol. The average molecular weight is 394 g/mol. The molecule has 2 amide bonds. The van der Waals surface area contributed by atoms with Crippen LogP contribution < -0.4 is 5.32 Å². The average Bonchev–Trinajstić information content (AvgIpc) is 3.21. The highest BCUT2D eigenvalue weighted by Gasteiger charge is 2.28. The maximum Gasteiger partial charge on any atom is 0.254 e. The van der Waals surface area contributed by atoms with Crippen molar-refractivity contribution in [1.82, 2.24) is 9.88 Å². The Kier molecular flexibility index (Phi) is 5.07. The molecule has 1 fully saturated rings. The molecule has 3 rings (SSSR count). The lowest BCUT2D eigenvalue weighted by Gasteiger charge is -2.22. The summed E-state index contributed by atoms with van der Waals surface area (Å²) in [4.78, 5) is 30.5. The van der Waals surface area contributed by atoms with Crippen LogP contribution in [0.4, 0.5) is 5.13 Å². The molecule has 0 aliphatic heterocycles. The van der Waals surface area contributed by atoms with Gasteiger partial charge in [0.15, 0.2) is 5.13 Å². The van der Waals surface area contributed by atoms with E-state index in [0.29, 0.717) is 23.2 Å². The number of halogens is 1. The van der Waals surface area contributed by atoms with Crippen molar-refractivity contribution in [3.8, 4) is 0 Å². The van der Waals surface area contributed by atoms with Crippen molar-refractivity contribution in [3.63, 3.8) is 0 Å². The summed E-state index contributed by atoms with van der Waals surface area (Å²) < 4.78 is 0.921. The summed E-state index contributed by atoms with van der Waals surface area (Å²) in [6.07, 6.45) is 3.88. The van der Waals surface area contributed by atoms with E-state index in [1.54, 1.807) is 28.6 Å². The molecule has 0 bridgehead atoms. The van der Waals surface area contributed by atoms with Crippen molar-refractivity contribution in [3.05, 3.63) is 45.9 Å². The molecule has 5 nitrogen and oxygen atoms in total. The molecule has 7 heteroatoms. The SMILES string of the molecule is O=C(CN(CC1CC1)C(=O)c1ccc(Br)cc1)Nc1nccs1. The number of nitrogens with zero attached hydrogens (tertiary/aromatic N) is 2. The summed E-state index contributed by atoms with van der Waals surface area (Å²) in [6.45, 7) is 0.672. The molecule has 23 heavy (non-hydrogen) atoms. The second-order valence-electron chi connectivity index (χ2n) is 5.52. The molecule has 1 saturated carbocycles. The van der Waals surface area contributed by atoms with Crippen molar-refractivity contribution in [1.29, 1.82) is 0 Å². The molecule has 1 aromatic carbocycles. The van der Waals surface area contributed by atoms with E-state index < -0.39 is 0 Å². The maximum atomic E-state index is 12.7. The zero-order chi connectivity index (χ0) is 16.2. The van der Waals surface area contributed by atoms with Gasteiger partial charge in [0, 0.05) is 28.2 Å². The van der Waals surface area contributed by atoms with Crippen LogP contribution in [0.5, 0.6) is 0 Å². The maximum absolute atomic E-state index is 12.7.